The molecular weight excluding hydrogens is 260 g/mol. The van der Waals surface area contributed by atoms with E-state index < -0.39 is 0 Å². The molecule has 7 nitrogen and oxygen atoms in total. The van der Waals surface area contributed by atoms with Crippen molar-refractivity contribution >= 4 is 11.6 Å². The highest BCUT2D eigenvalue weighted by atomic mass is 16.5. The van der Waals surface area contributed by atoms with Crippen LogP contribution >= 0.6 is 0 Å². The highest BCUT2D eigenvalue weighted by Gasteiger charge is 2.22. The van der Waals surface area contributed by atoms with Gasteiger partial charge < -0.3 is 15.2 Å². The summed E-state index contributed by atoms with van der Waals surface area (Å²) >= 11 is 0. The molecule has 1 amide bonds. The lowest BCUT2D eigenvalue weighted by Crippen LogP contribution is -2.46. The Bertz CT molecular complexity index is 486. The van der Waals surface area contributed by atoms with Gasteiger partial charge in [0.05, 0.1) is 42.9 Å². The molecule has 1 saturated heterocycles. The van der Waals surface area contributed by atoms with Gasteiger partial charge in [-0.2, -0.15) is 5.10 Å². The third-order valence-corrected chi connectivity index (χ3v) is 3.57. The third kappa shape index (κ3) is 3.36. The molecular formula is C13H22N4O3. The number of aliphatic hydroxyl groups is 1. The van der Waals surface area contributed by atoms with Crippen LogP contribution in [0, 0.1) is 13.8 Å². The third-order valence-electron chi connectivity index (χ3n) is 3.57. The summed E-state index contributed by atoms with van der Waals surface area (Å²) in [7, 11) is 1.85. The van der Waals surface area contributed by atoms with E-state index in [1.165, 1.54) is 0 Å². The molecule has 0 aromatic carbocycles. The van der Waals surface area contributed by atoms with Crippen LogP contribution in [0.3, 0.4) is 0 Å². The summed E-state index contributed by atoms with van der Waals surface area (Å²) in [6, 6.07) is 0. The molecule has 112 valence electrons. The molecule has 1 unspecified atom stereocenters. The van der Waals surface area contributed by atoms with Gasteiger partial charge in [-0.25, -0.2) is 0 Å². The van der Waals surface area contributed by atoms with Crippen LogP contribution in [0.1, 0.15) is 11.4 Å². The fraction of sp³-hybridized carbons (Fsp3) is 0.692. The van der Waals surface area contributed by atoms with Crippen LogP contribution in [0.2, 0.25) is 0 Å². The van der Waals surface area contributed by atoms with Gasteiger partial charge in [0.15, 0.2) is 0 Å². The maximum Gasteiger partial charge on any atom is 0.238 e. The number of hydrogen-bond donors (Lipinski definition) is 2. The molecule has 1 aromatic rings. The van der Waals surface area contributed by atoms with E-state index in [9.17, 15) is 4.79 Å². The number of carbonyl (C=O) groups excluding carboxylic acids is 1. The molecule has 2 heterocycles. The molecule has 1 aliphatic rings. The number of amides is 1. The first kappa shape index (κ1) is 15.0. The van der Waals surface area contributed by atoms with Crippen LogP contribution in [-0.2, 0) is 16.6 Å². The maximum atomic E-state index is 12.1. The zero-order chi connectivity index (χ0) is 14.7. The summed E-state index contributed by atoms with van der Waals surface area (Å²) in [5.41, 5.74) is 2.53. The summed E-state index contributed by atoms with van der Waals surface area (Å²) in [5, 5.41) is 16.3. The number of ether oxygens (including phenoxy) is 1. The van der Waals surface area contributed by atoms with Gasteiger partial charge in [0, 0.05) is 20.1 Å². The quantitative estimate of drug-likeness (QED) is 0.790. The van der Waals surface area contributed by atoms with Crippen LogP contribution in [-0.4, -0.2) is 64.6 Å². The molecule has 1 atom stereocenters. The summed E-state index contributed by atoms with van der Waals surface area (Å²) in [4.78, 5) is 14.1. The molecule has 2 rings (SSSR count). The first-order valence-electron chi connectivity index (χ1n) is 6.76. The lowest BCUT2D eigenvalue weighted by atomic mass is 10.2. The zero-order valence-corrected chi connectivity index (χ0v) is 12.2. The van der Waals surface area contributed by atoms with Crippen LogP contribution in [0.25, 0.3) is 0 Å². The minimum atomic E-state index is -0.196. The van der Waals surface area contributed by atoms with Crippen molar-refractivity contribution in [1.29, 1.82) is 0 Å². The van der Waals surface area contributed by atoms with E-state index in [2.05, 4.69) is 10.4 Å². The fourth-order valence-electron chi connectivity index (χ4n) is 2.37. The van der Waals surface area contributed by atoms with Gasteiger partial charge in [-0.1, -0.05) is 0 Å². The average Bonchev–Trinajstić information content (AvgIpc) is 2.65. The first-order chi connectivity index (χ1) is 9.51. The number of morpholine rings is 1. The SMILES string of the molecule is Cc1nn(C)c(C)c1NC(=O)CN1CCOC(CO)C1. The van der Waals surface area contributed by atoms with Crippen molar-refractivity contribution in [2.75, 3.05) is 38.2 Å². The molecule has 7 heteroatoms. The van der Waals surface area contributed by atoms with Gasteiger partial charge >= 0.3 is 0 Å². The molecule has 1 aliphatic heterocycles. The van der Waals surface area contributed by atoms with Crippen molar-refractivity contribution in [3.63, 3.8) is 0 Å². The van der Waals surface area contributed by atoms with Crippen molar-refractivity contribution < 1.29 is 14.6 Å². The van der Waals surface area contributed by atoms with Crippen LogP contribution in [0.5, 0.6) is 0 Å². The van der Waals surface area contributed by atoms with Crippen molar-refractivity contribution in [3.8, 4) is 0 Å². The number of hydrogen-bond acceptors (Lipinski definition) is 5. The van der Waals surface area contributed by atoms with E-state index in [0.29, 0.717) is 26.2 Å². The maximum absolute atomic E-state index is 12.1. The fourth-order valence-corrected chi connectivity index (χ4v) is 2.37. The predicted molar refractivity (Wildman–Crippen MR) is 74.6 cm³/mol. The van der Waals surface area contributed by atoms with Crippen molar-refractivity contribution in [2.45, 2.75) is 20.0 Å². The van der Waals surface area contributed by atoms with E-state index in [-0.39, 0.29) is 18.6 Å². The van der Waals surface area contributed by atoms with Crippen molar-refractivity contribution in [1.82, 2.24) is 14.7 Å². The van der Waals surface area contributed by atoms with Crippen LogP contribution in [0.15, 0.2) is 0 Å². The van der Waals surface area contributed by atoms with Gasteiger partial charge in [-0.15, -0.1) is 0 Å². The second kappa shape index (κ2) is 6.34. The average molecular weight is 282 g/mol. The first-order valence-corrected chi connectivity index (χ1v) is 6.76. The summed E-state index contributed by atoms with van der Waals surface area (Å²) in [5.74, 6) is -0.0669. The molecule has 0 radical (unpaired) electrons. The Morgan fingerprint density at radius 1 is 1.55 bits per heavy atom. The topological polar surface area (TPSA) is 79.6 Å². The number of aromatic nitrogens is 2. The minimum Gasteiger partial charge on any atom is -0.394 e. The number of aryl methyl sites for hydroxylation is 2. The normalized spacial score (nSPS) is 20.1. The van der Waals surface area contributed by atoms with E-state index in [4.69, 9.17) is 9.84 Å². The Morgan fingerprint density at radius 2 is 2.30 bits per heavy atom. The highest BCUT2D eigenvalue weighted by molar-refractivity contribution is 5.93. The number of rotatable bonds is 4. The number of carbonyl (C=O) groups is 1. The lowest BCUT2D eigenvalue weighted by molar-refractivity contribution is -0.120. The largest absolute Gasteiger partial charge is 0.394 e. The highest BCUT2D eigenvalue weighted by Crippen LogP contribution is 2.18. The number of aliphatic hydroxyl groups excluding tert-OH is 1. The van der Waals surface area contributed by atoms with Gasteiger partial charge in [0.2, 0.25) is 5.91 Å². The van der Waals surface area contributed by atoms with Gasteiger partial charge in [0.1, 0.15) is 0 Å². The minimum absolute atomic E-state index is 0.0149. The second-order valence-corrected chi connectivity index (χ2v) is 5.13. The smallest absolute Gasteiger partial charge is 0.238 e. The number of nitrogens with zero attached hydrogens (tertiary/aromatic N) is 3. The molecule has 1 aromatic heterocycles. The van der Waals surface area contributed by atoms with Gasteiger partial charge in [0.25, 0.3) is 0 Å². The van der Waals surface area contributed by atoms with Crippen LogP contribution in [0.4, 0.5) is 5.69 Å². The second-order valence-electron chi connectivity index (χ2n) is 5.13. The monoisotopic (exact) mass is 282 g/mol. The lowest BCUT2D eigenvalue weighted by Gasteiger charge is -2.31. The molecule has 0 bridgehead atoms. The standard InChI is InChI=1S/C13H22N4O3/c1-9-13(10(2)16(3)15-9)14-12(19)7-17-4-5-20-11(6-17)8-18/h11,18H,4-8H2,1-3H3,(H,14,19). The summed E-state index contributed by atoms with van der Waals surface area (Å²) in [6.07, 6.45) is -0.196. The van der Waals surface area contributed by atoms with E-state index in [1.807, 2.05) is 25.8 Å². The molecule has 2 N–H and O–H groups in total. The Hall–Kier alpha value is -1.44. The van der Waals surface area contributed by atoms with Crippen LogP contribution < -0.4 is 5.32 Å². The van der Waals surface area contributed by atoms with E-state index >= 15 is 0 Å². The molecule has 0 aliphatic carbocycles. The van der Waals surface area contributed by atoms with Crippen molar-refractivity contribution in [3.05, 3.63) is 11.4 Å². The molecule has 20 heavy (non-hydrogen) atoms. The number of nitrogens with one attached hydrogen (secondary N) is 1. The van der Waals surface area contributed by atoms with E-state index in [0.717, 1.165) is 17.1 Å². The Labute approximate surface area is 118 Å². The predicted octanol–water partition coefficient (Wildman–Crippen LogP) is -0.331. The Morgan fingerprint density at radius 3 is 2.90 bits per heavy atom. The van der Waals surface area contributed by atoms with Gasteiger partial charge in [-0.3, -0.25) is 14.4 Å². The summed E-state index contributed by atoms with van der Waals surface area (Å²) < 4.78 is 7.11. The molecule has 0 spiro atoms. The Kier molecular flexibility index (Phi) is 4.74. The Balaban J connectivity index is 1.92. The molecule has 0 saturated carbocycles. The van der Waals surface area contributed by atoms with Gasteiger partial charge in [-0.05, 0) is 13.8 Å². The van der Waals surface area contributed by atoms with E-state index in [1.54, 1.807) is 4.68 Å². The zero-order valence-electron chi connectivity index (χ0n) is 12.2. The number of anilines is 1. The summed E-state index contributed by atoms with van der Waals surface area (Å²) in [6.45, 7) is 5.91. The van der Waals surface area contributed by atoms with Crippen molar-refractivity contribution in [2.24, 2.45) is 7.05 Å². The molecule has 1 fully saturated rings.